The fourth-order valence-corrected chi connectivity index (χ4v) is 2.66. The van der Waals surface area contributed by atoms with E-state index in [-0.39, 0.29) is 24.2 Å². The zero-order valence-corrected chi connectivity index (χ0v) is 15.6. The number of methoxy groups -OCH3 is 1. The van der Waals surface area contributed by atoms with Crippen LogP contribution in [0.15, 0.2) is 47.5 Å². The molecule has 0 bridgehead atoms. The molecule has 0 aliphatic heterocycles. The molecule has 138 valence electrons. The molecule has 1 heterocycles. The average molecular weight is 384 g/mol. The maximum Gasteiger partial charge on any atom is 0.253 e. The third kappa shape index (κ3) is 4.71. The lowest BCUT2D eigenvalue weighted by Gasteiger charge is -2.07. The van der Waals surface area contributed by atoms with Crippen LogP contribution < -0.4 is 15.8 Å². The summed E-state index contributed by atoms with van der Waals surface area (Å²) < 4.78 is 5.21. The Morgan fingerprint density at radius 2 is 1.96 bits per heavy atom. The Morgan fingerprint density at radius 1 is 1.22 bits per heavy atom. The van der Waals surface area contributed by atoms with Gasteiger partial charge in [-0.05, 0) is 42.8 Å². The minimum absolute atomic E-state index is 0.0683. The van der Waals surface area contributed by atoms with Crippen LogP contribution in [0, 0.1) is 6.92 Å². The van der Waals surface area contributed by atoms with Crippen LogP contribution in [0.1, 0.15) is 11.3 Å². The van der Waals surface area contributed by atoms with Crippen LogP contribution in [0.5, 0.6) is 5.75 Å². The van der Waals surface area contributed by atoms with Crippen molar-refractivity contribution in [2.75, 3.05) is 7.11 Å². The standard InChI is InChI=1S/C19H18ClN5O2/c1-11-15-10-14(27-2)7-8-16(15)23-19(22-11)25-18(21)24-17(26)9-12-3-5-13(20)6-4-12/h3-8,10H,9H2,1-2H3,(H3,21,22,23,24,25,26). The third-order valence-electron chi connectivity index (χ3n) is 3.85. The van der Waals surface area contributed by atoms with Gasteiger partial charge in [0.25, 0.3) is 5.95 Å². The molecule has 1 aromatic heterocycles. The summed E-state index contributed by atoms with van der Waals surface area (Å²) in [7, 11) is 1.60. The van der Waals surface area contributed by atoms with Crippen LogP contribution in [0.25, 0.3) is 10.9 Å². The lowest BCUT2D eigenvalue weighted by atomic mass is 10.1. The number of aryl methyl sites for hydroxylation is 1. The second-order valence-corrected chi connectivity index (χ2v) is 6.28. The van der Waals surface area contributed by atoms with Crippen LogP contribution in [0.2, 0.25) is 5.02 Å². The van der Waals surface area contributed by atoms with Crippen molar-refractivity contribution >= 4 is 40.3 Å². The molecule has 7 nitrogen and oxygen atoms in total. The first-order valence-electron chi connectivity index (χ1n) is 8.15. The minimum Gasteiger partial charge on any atom is -0.497 e. The highest BCUT2D eigenvalue weighted by Crippen LogP contribution is 2.23. The Labute approximate surface area is 161 Å². The van der Waals surface area contributed by atoms with Crippen LogP contribution in [0.4, 0.5) is 5.95 Å². The van der Waals surface area contributed by atoms with E-state index < -0.39 is 0 Å². The summed E-state index contributed by atoms with van der Waals surface area (Å²) >= 11 is 5.83. The Balaban J connectivity index is 1.75. The Bertz CT molecular complexity index is 1020. The molecule has 0 radical (unpaired) electrons. The summed E-state index contributed by atoms with van der Waals surface area (Å²) in [6.45, 7) is 1.85. The van der Waals surface area contributed by atoms with Crippen LogP contribution in [-0.2, 0) is 11.2 Å². The molecule has 0 aliphatic rings. The molecule has 27 heavy (non-hydrogen) atoms. The highest BCUT2D eigenvalue weighted by atomic mass is 35.5. The molecule has 0 saturated heterocycles. The van der Waals surface area contributed by atoms with Gasteiger partial charge in [-0.15, -0.1) is 0 Å². The highest BCUT2D eigenvalue weighted by Gasteiger charge is 2.08. The van der Waals surface area contributed by atoms with Crippen LogP contribution >= 0.6 is 11.6 Å². The maximum absolute atomic E-state index is 12.1. The van der Waals surface area contributed by atoms with Gasteiger partial charge < -0.3 is 10.5 Å². The number of ether oxygens (including phenoxy) is 1. The molecule has 0 saturated carbocycles. The van der Waals surface area contributed by atoms with Gasteiger partial charge in [0.2, 0.25) is 11.9 Å². The number of guanidine groups is 1. The van der Waals surface area contributed by atoms with E-state index in [4.69, 9.17) is 22.1 Å². The first-order chi connectivity index (χ1) is 12.9. The van der Waals surface area contributed by atoms with E-state index in [1.807, 2.05) is 19.1 Å². The van der Waals surface area contributed by atoms with Crippen molar-refractivity contribution in [1.29, 1.82) is 0 Å². The number of nitrogens with zero attached hydrogens (tertiary/aromatic N) is 3. The predicted molar refractivity (Wildman–Crippen MR) is 105 cm³/mol. The second-order valence-electron chi connectivity index (χ2n) is 5.84. The number of amides is 1. The third-order valence-corrected chi connectivity index (χ3v) is 4.10. The van der Waals surface area contributed by atoms with Crippen molar-refractivity contribution in [2.24, 2.45) is 10.7 Å². The van der Waals surface area contributed by atoms with Gasteiger partial charge in [-0.3, -0.25) is 10.1 Å². The van der Waals surface area contributed by atoms with Gasteiger partial charge in [0, 0.05) is 10.4 Å². The molecular formula is C19H18ClN5O2. The van der Waals surface area contributed by atoms with E-state index >= 15 is 0 Å². The van der Waals surface area contributed by atoms with Gasteiger partial charge in [-0.25, -0.2) is 9.97 Å². The summed E-state index contributed by atoms with van der Waals surface area (Å²) in [5.74, 6) is 0.538. The summed E-state index contributed by atoms with van der Waals surface area (Å²) in [5.41, 5.74) is 8.08. The minimum atomic E-state index is -0.291. The van der Waals surface area contributed by atoms with E-state index in [0.717, 1.165) is 22.4 Å². The van der Waals surface area contributed by atoms with E-state index in [2.05, 4.69) is 20.3 Å². The van der Waals surface area contributed by atoms with Crippen molar-refractivity contribution in [3.63, 3.8) is 0 Å². The molecule has 3 rings (SSSR count). The monoisotopic (exact) mass is 383 g/mol. The number of nitrogens with one attached hydrogen (secondary N) is 1. The molecule has 2 aromatic carbocycles. The Morgan fingerprint density at radius 3 is 2.67 bits per heavy atom. The van der Waals surface area contributed by atoms with E-state index in [9.17, 15) is 4.79 Å². The smallest absolute Gasteiger partial charge is 0.253 e. The van der Waals surface area contributed by atoms with Crippen molar-refractivity contribution < 1.29 is 9.53 Å². The second kappa shape index (κ2) is 8.01. The van der Waals surface area contributed by atoms with Crippen LogP contribution in [-0.4, -0.2) is 28.9 Å². The molecule has 3 aromatic rings. The molecule has 8 heteroatoms. The maximum atomic E-state index is 12.1. The first-order valence-corrected chi connectivity index (χ1v) is 8.53. The Hall–Kier alpha value is -3.19. The molecule has 1 amide bonds. The summed E-state index contributed by atoms with van der Waals surface area (Å²) in [5, 5.41) is 4.01. The number of carbonyl (C=O) groups excluding carboxylic acids is 1. The van der Waals surface area contributed by atoms with Gasteiger partial charge >= 0.3 is 0 Å². The zero-order chi connectivity index (χ0) is 19.4. The number of aliphatic imine (C=N–C) groups is 1. The predicted octanol–water partition coefficient (Wildman–Crippen LogP) is 2.91. The molecule has 3 N–H and O–H groups in total. The van der Waals surface area contributed by atoms with Gasteiger partial charge in [0.15, 0.2) is 0 Å². The number of halogens is 1. The number of benzene rings is 2. The lowest BCUT2D eigenvalue weighted by molar-refractivity contribution is -0.119. The van der Waals surface area contributed by atoms with Gasteiger partial charge in [0.1, 0.15) is 5.75 Å². The van der Waals surface area contributed by atoms with E-state index in [1.165, 1.54) is 0 Å². The highest BCUT2D eigenvalue weighted by molar-refractivity contribution is 6.30. The molecular weight excluding hydrogens is 366 g/mol. The summed E-state index contributed by atoms with van der Waals surface area (Å²) in [6.07, 6.45) is 0.158. The summed E-state index contributed by atoms with van der Waals surface area (Å²) in [4.78, 5) is 24.9. The van der Waals surface area contributed by atoms with E-state index in [1.54, 1.807) is 37.4 Å². The molecule has 0 aliphatic carbocycles. The number of nitrogens with two attached hydrogens (primary N) is 1. The average Bonchev–Trinajstić information content (AvgIpc) is 2.63. The van der Waals surface area contributed by atoms with Gasteiger partial charge in [-0.1, -0.05) is 23.7 Å². The van der Waals surface area contributed by atoms with Crippen molar-refractivity contribution in [1.82, 2.24) is 15.3 Å². The topological polar surface area (TPSA) is 102 Å². The van der Waals surface area contributed by atoms with Crippen molar-refractivity contribution in [3.05, 3.63) is 58.7 Å². The fraction of sp³-hybridized carbons (Fsp3) is 0.158. The van der Waals surface area contributed by atoms with Crippen molar-refractivity contribution in [3.8, 4) is 5.75 Å². The number of aromatic nitrogens is 2. The number of hydrogen-bond acceptors (Lipinski definition) is 5. The van der Waals surface area contributed by atoms with Crippen molar-refractivity contribution in [2.45, 2.75) is 13.3 Å². The quantitative estimate of drug-likeness (QED) is 0.532. The molecule has 0 unspecified atom stereocenters. The molecule has 0 fully saturated rings. The number of hydrogen-bond donors (Lipinski definition) is 2. The largest absolute Gasteiger partial charge is 0.497 e. The summed E-state index contributed by atoms with van der Waals surface area (Å²) in [6, 6.07) is 12.5. The lowest BCUT2D eigenvalue weighted by Crippen LogP contribution is -2.37. The number of rotatable bonds is 4. The number of fused-ring (bicyclic) bond motifs is 1. The van der Waals surface area contributed by atoms with Gasteiger partial charge in [-0.2, -0.15) is 4.99 Å². The van der Waals surface area contributed by atoms with Gasteiger partial charge in [0.05, 0.1) is 24.7 Å². The Kier molecular flexibility index (Phi) is 5.52. The molecule has 0 spiro atoms. The zero-order valence-electron chi connectivity index (χ0n) is 14.9. The fourth-order valence-electron chi connectivity index (χ4n) is 2.53. The van der Waals surface area contributed by atoms with E-state index in [0.29, 0.717) is 10.5 Å². The SMILES string of the molecule is COc1ccc2nc(/N=C(\N)NC(=O)Cc3ccc(Cl)cc3)nc(C)c2c1. The normalized spacial score (nSPS) is 11.4. The number of carbonyl (C=O) groups is 1. The first kappa shape index (κ1) is 18.6. The molecule has 0 atom stereocenters. The van der Waals surface area contributed by atoms with Crippen LogP contribution in [0.3, 0.4) is 0 Å².